The van der Waals surface area contributed by atoms with Gasteiger partial charge < -0.3 is 14.5 Å². The zero-order valence-electron chi connectivity index (χ0n) is 11.2. The Kier molecular flexibility index (Phi) is 3.84. The number of fused-ring (bicyclic) bond motifs is 1. The molecule has 0 aliphatic carbocycles. The van der Waals surface area contributed by atoms with Crippen molar-refractivity contribution in [3.63, 3.8) is 0 Å². The van der Waals surface area contributed by atoms with Crippen molar-refractivity contribution < 1.29 is 18.9 Å². The van der Waals surface area contributed by atoms with Crippen molar-refractivity contribution in [1.82, 2.24) is 5.32 Å². The summed E-state index contributed by atoms with van der Waals surface area (Å²) in [5.74, 6) is -0.328. The zero-order chi connectivity index (χ0) is 15.7. The van der Waals surface area contributed by atoms with Crippen LogP contribution in [0.2, 0.25) is 0 Å². The number of carbonyl (C=O) groups excluding carboxylic acids is 1. The highest BCUT2D eigenvalue weighted by atomic mass is 79.9. The number of benzene rings is 1. The van der Waals surface area contributed by atoms with Crippen LogP contribution in [0.3, 0.4) is 0 Å². The second kappa shape index (κ2) is 5.80. The molecule has 3 rings (SSSR count). The first kappa shape index (κ1) is 14.6. The Hall–Kier alpha value is -2.35. The van der Waals surface area contributed by atoms with E-state index in [1.165, 1.54) is 6.07 Å². The Morgan fingerprint density at radius 3 is 2.91 bits per heavy atom. The highest BCUT2D eigenvalue weighted by molar-refractivity contribution is 9.10. The van der Waals surface area contributed by atoms with Crippen molar-refractivity contribution in [2.45, 2.75) is 12.5 Å². The maximum absolute atomic E-state index is 12.2. The first-order chi connectivity index (χ1) is 10.5. The molecule has 1 aliphatic rings. The van der Waals surface area contributed by atoms with Crippen molar-refractivity contribution in [2.24, 2.45) is 0 Å². The van der Waals surface area contributed by atoms with Gasteiger partial charge in [0.25, 0.3) is 5.91 Å². The van der Waals surface area contributed by atoms with Crippen molar-refractivity contribution in [2.75, 3.05) is 6.61 Å². The molecule has 0 bridgehead atoms. The van der Waals surface area contributed by atoms with E-state index < -0.39 is 16.7 Å². The normalized spacial score (nSPS) is 16.5. The van der Waals surface area contributed by atoms with Crippen LogP contribution in [0, 0.1) is 10.1 Å². The predicted molar refractivity (Wildman–Crippen MR) is 79.8 cm³/mol. The number of amides is 1. The maximum Gasteiger partial charge on any atom is 0.433 e. The second-order valence-electron chi connectivity index (χ2n) is 4.74. The minimum Gasteiger partial charge on any atom is -0.493 e. The molecule has 1 atom stereocenters. The van der Waals surface area contributed by atoms with Gasteiger partial charge in [-0.2, -0.15) is 0 Å². The number of ether oxygens (including phenoxy) is 1. The summed E-state index contributed by atoms with van der Waals surface area (Å²) < 4.78 is 11.3. The van der Waals surface area contributed by atoms with Crippen LogP contribution >= 0.6 is 15.9 Å². The Bertz CT molecular complexity index is 743. The first-order valence-corrected chi connectivity index (χ1v) is 7.31. The highest BCUT2D eigenvalue weighted by Crippen LogP contribution is 2.34. The molecule has 2 heterocycles. The number of nitrogens with one attached hydrogen (secondary N) is 1. The van der Waals surface area contributed by atoms with E-state index in [1.54, 1.807) is 0 Å². The van der Waals surface area contributed by atoms with Gasteiger partial charge in [0.15, 0.2) is 5.76 Å². The molecule has 114 valence electrons. The lowest BCUT2D eigenvalue weighted by molar-refractivity contribution is -0.402. The summed E-state index contributed by atoms with van der Waals surface area (Å²) >= 11 is 3.39. The largest absolute Gasteiger partial charge is 0.493 e. The first-order valence-electron chi connectivity index (χ1n) is 6.52. The van der Waals surface area contributed by atoms with Gasteiger partial charge in [0, 0.05) is 16.5 Å². The van der Waals surface area contributed by atoms with Crippen LogP contribution in [-0.4, -0.2) is 17.4 Å². The fourth-order valence-electron chi connectivity index (χ4n) is 2.29. The van der Waals surface area contributed by atoms with Crippen LogP contribution < -0.4 is 10.1 Å². The smallest absolute Gasteiger partial charge is 0.433 e. The van der Waals surface area contributed by atoms with Gasteiger partial charge in [0.2, 0.25) is 0 Å². The van der Waals surface area contributed by atoms with Crippen molar-refractivity contribution in [1.29, 1.82) is 0 Å². The second-order valence-corrected chi connectivity index (χ2v) is 5.66. The van der Waals surface area contributed by atoms with Gasteiger partial charge in [0.1, 0.15) is 10.7 Å². The number of hydrogen-bond acceptors (Lipinski definition) is 5. The lowest BCUT2D eigenvalue weighted by Crippen LogP contribution is -2.32. The molecular weight excluding hydrogens is 356 g/mol. The SMILES string of the molecule is O=C(NC1CCOc2ccc(Br)cc21)c1ccc([N+](=O)[O-])o1. The fourth-order valence-corrected chi connectivity index (χ4v) is 2.67. The lowest BCUT2D eigenvalue weighted by atomic mass is 10.0. The number of halogens is 1. The number of furan rings is 1. The van der Waals surface area contributed by atoms with Crippen LogP contribution in [0.1, 0.15) is 28.6 Å². The predicted octanol–water partition coefficient (Wildman–Crippen LogP) is 3.20. The van der Waals surface area contributed by atoms with E-state index >= 15 is 0 Å². The summed E-state index contributed by atoms with van der Waals surface area (Å²) in [5.41, 5.74) is 0.857. The maximum atomic E-state index is 12.2. The molecule has 1 unspecified atom stereocenters. The summed E-state index contributed by atoms with van der Waals surface area (Å²) in [6.45, 7) is 0.484. The van der Waals surface area contributed by atoms with E-state index in [-0.39, 0.29) is 11.8 Å². The molecule has 1 N–H and O–H groups in total. The summed E-state index contributed by atoms with van der Waals surface area (Å²) in [5, 5.41) is 13.4. The van der Waals surface area contributed by atoms with Crippen LogP contribution in [0.25, 0.3) is 0 Å². The Morgan fingerprint density at radius 2 is 2.18 bits per heavy atom. The number of nitro groups is 1. The number of carbonyl (C=O) groups is 1. The third-order valence-corrected chi connectivity index (χ3v) is 3.81. The summed E-state index contributed by atoms with van der Waals surface area (Å²) in [4.78, 5) is 22.1. The van der Waals surface area contributed by atoms with Gasteiger partial charge >= 0.3 is 5.88 Å². The molecule has 22 heavy (non-hydrogen) atoms. The van der Waals surface area contributed by atoms with Crippen LogP contribution in [0.15, 0.2) is 39.2 Å². The molecule has 1 amide bonds. The average molecular weight is 367 g/mol. The molecule has 1 aliphatic heterocycles. The molecular formula is C14H11BrN2O5. The third kappa shape index (κ3) is 2.82. The number of nitrogens with zero attached hydrogens (tertiary/aromatic N) is 1. The average Bonchev–Trinajstić information content (AvgIpc) is 2.98. The molecule has 0 radical (unpaired) electrons. The van der Waals surface area contributed by atoms with Gasteiger partial charge in [0.05, 0.1) is 18.7 Å². The number of rotatable bonds is 3. The van der Waals surface area contributed by atoms with Crippen LogP contribution in [0.4, 0.5) is 5.88 Å². The van der Waals surface area contributed by atoms with Gasteiger partial charge in [-0.1, -0.05) is 15.9 Å². The third-order valence-electron chi connectivity index (χ3n) is 3.31. The van der Waals surface area contributed by atoms with E-state index in [0.29, 0.717) is 18.8 Å². The monoisotopic (exact) mass is 366 g/mol. The Morgan fingerprint density at radius 1 is 1.36 bits per heavy atom. The van der Waals surface area contributed by atoms with Crippen LogP contribution in [0.5, 0.6) is 5.75 Å². The minimum atomic E-state index is -0.683. The molecule has 1 aromatic carbocycles. The highest BCUT2D eigenvalue weighted by Gasteiger charge is 2.25. The minimum absolute atomic E-state index is 0.0882. The van der Waals surface area contributed by atoms with Gasteiger partial charge in [-0.3, -0.25) is 14.9 Å². The summed E-state index contributed by atoms with van der Waals surface area (Å²) in [6.07, 6.45) is 0.609. The van der Waals surface area contributed by atoms with Crippen molar-refractivity contribution in [3.8, 4) is 5.75 Å². The molecule has 0 saturated heterocycles. The number of hydrogen-bond donors (Lipinski definition) is 1. The van der Waals surface area contributed by atoms with Gasteiger partial charge in [-0.25, -0.2) is 0 Å². The molecule has 2 aromatic rings. The molecule has 7 nitrogen and oxygen atoms in total. The van der Waals surface area contributed by atoms with E-state index in [1.807, 2.05) is 18.2 Å². The van der Waals surface area contributed by atoms with E-state index in [2.05, 4.69) is 21.2 Å². The van der Waals surface area contributed by atoms with Crippen molar-refractivity contribution >= 4 is 27.7 Å². The lowest BCUT2D eigenvalue weighted by Gasteiger charge is -2.26. The Labute approximate surface area is 133 Å². The summed E-state index contributed by atoms with van der Waals surface area (Å²) in [7, 11) is 0. The van der Waals surface area contributed by atoms with E-state index in [0.717, 1.165) is 16.1 Å². The van der Waals surface area contributed by atoms with Crippen LogP contribution in [-0.2, 0) is 0 Å². The Balaban J connectivity index is 1.80. The standard InChI is InChI=1S/C14H11BrN2O5/c15-8-1-2-11-9(7-8)10(5-6-21-11)16-14(18)12-3-4-13(22-12)17(19)20/h1-4,7,10H,5-6H2,(H,16,18). The zero-order valence-corrected chi connectivity index (χ0v) is 12.8. The fraction of sp³-hybridized carbons (Fsp3) is 0.214. The molecule has 0 saturated carbocycles. The topological polar surface area (TPSA) is 94.6 Å². The molecule has 1 aromatic heterocycles. The molecule has 8 heteroatoms. The van der Waals surface area contributed by atoms with Crippen molar-refractivity contribution in [3.05, 3.63) is 56.2 Å². The van der Waals surface area contributed by atoms with Gasteiger partial charge in [-0.15, -0.1) is 0 Å². The summed E-state index contributed by atoms with van der Waals surface area (Å²) in [6, 6.07) is 7.77. The molecule has 0 fully saturated rings. The van der Waals surface area contributed by atoms with Gasteiger partial charge in [-0.05, 0) is 24.3 Å². The van der Waals surface area contributed by atoms with E-state index in [4.69, 9.17) is 9.15 Å². The molecule has 0 spiro atoms. The quantitative estimate of drug-likeness (QED) is 0.664. The van der Waals surface area contributed by atoms with E-state index in [9.17, 15) is 14.9 Å².